The first-order valence-corrected chi connectivity index (χ1v) is 8.08. The van der Waals surface area contributed by atoms with Crippen LogP contribution in [0.25, 0.3) is 0 Å². The maximum atomic E-state index is 5.39. The number of nitrogens with one attached hydrogen (secondary N) is 1. The Bertz CT molecular complexity index is 433. The monoisotopic (exact) mass is 297 g/mol. The van der Waals surface area contributed by atoms with E-state index in [-0.39, 0.29) is 0 Å². The second kappa shape index (κ2) is 7.76. The van der Waals surface area contributed by atoms with Gasteiger partial charge in [0.25, 0.3) is 0 Å². The largest absolute Gasteiger partial charge is 0.493 e. The number of hydrogen-bond donors (Lipinski definition) is 1. The molecule has 2 rings (SSSR count). The maximum Gasteiger partial charge on any atom is 0.161 e. The minimum absolute atomic E-state index is 0.646. The predicted octanol–water partition coefficient (Wildman–Crippen LogP) is 2.55. The van der Waals surface area contributed by atoms with Gasteiger partial charge in [0.2, 0.25) is 0 Å². The molecule has 0 saturated carbocycles. The molecule has 1 unspecified atom stereocenters. The molecule has 0 amide bonds. The van der Waals surface area contributed by atoms with Crippen molar-refractivity contribution in [1.29, 1.82) is 0 Å². The van der Waals surface area contributed by atoms with E-state index in [0.29, 0.717) is 5.92 Å². The highest BCUT2D eigenvalue weighted by atomic mass is 32.2. The number of thioether (sulfide) groups is 1. The van der Waals surface area contributed by atoms with Gasteiger partial charge < -0.3 is 19.5 Å². The van der Waals surface area contributed by atoms with Crippen LogP contribution in [0.2, 0.25) is 0 Å². The Hall–Kier alpha value is -0.910. The highest BCUT2D eigenvalue weighted by Crippen LogP contribution is 2.34. The van der Waals surface area contributed by atoms with Crippen molar-refractivity contribution in [2.45, 2.75) is 17.9 Å². The first-order chi connectivity index (χ1) is 9.78. The van der Waals surface area contributed by atoms with Crippen LogP contribution in [-0.2, 0) is 11.3 Å². The van der Waals surface area contributed by atoms with Gasteiger partial charge in [0.15, 0.2) is 11.5 Å². The van der Waals surface area contributed by atoms with Gasteiger partial charge in [0, 0.05) is 24.6 Å². The highest BCUT2D eigenvalue weighted by Gasteiger charge is 2.15. The average molecular weight is 297 g/mol. The lowest BCUT2D eigenvalue weighted by Gasteiger charge is -2.15. The van der Waals surface area contributed by atoms with Gasteiger partial charge in [0.05, 0.1) is 20.8 Å². The Morgan fingerprint density at radius 3 is 2.65 bits per heavy atom. The maximum absolute atomic E-state index is 5.39. The van der Waals surface area contributed by atoms with Crippen LogP contribution in [0.1, 0.15) is 12.0 Å². The van der Waals surface area contributed by atoms with E-state index in [0.717, 1.165) is 44.2 Å². The first kappa shape index (κ1) is 15.5. The van der Waals surface area contributed by atoms with Gasteiger partial charge in [-0.05, 0) is 36.3 Å². The zero-order valence-corrected chi connectivity index (χ0v) is 13.2. The average Bonchev–Trinajstić information content (AvgIpc) is 2.99. The number of methoxy groups -OCH3 is 2. The van der Waals surface area contributed by atoms with E-state index in [1.165, 1.54) is 10.5 Å². The lowest BCUT2D eigenvalue weighted by Crippen LogP contribution is -2.22. The van der Waals surface area contributed by atoms with Crippen LogP contribution in [0.5, 0.6) is 11.5 Å². The summed E-state index contributed by atoms with van der Waals surface area (Å²) in [6.07, 6.45) is 3.24. The smallest absolute Gasteiger partial charge is 0.161 e. The fraction of sp³-hybridized carbons (Fsp3) is 0.600. The zero-order valence-electron chi connectivity index (χ0n) is 12.4. The van der Waals surface area contributed by atoms with Crippen LogP contribution in [-0.4, -0.2) is 40.2 Å². The quantitative estimate of drug-likeness (QED) is 0.783. The predicted molar refractivity (Wildman–Crippen MR) is 82.0 cm³/mol. The summed E-state index contributed by atoms with van der Waals surface area (Å²) in [5, 5.41) is 3.52. The summed E-state index contributed by atoms with van der Waals surface area (Å²) in [5.41, 5.74) is 1.24. The third kappa shape index (κ3) is 3.81. The van der Waals surface area contributed by atoms with E-state index in [1.807, 2.05) is 6.07 Å². The molecule has 0 bridgehead atoms. The Morgan fingerprint density at radius 1 is 1.30 bits per heavy atom. The lowest BCUT2D eigenvalue weighted by atomic mass is 10.1. The number of ether oxygens (including phenoxy) is 3. The topological polar surface area (TPSA) is 39.7 Å². The van der Waals surface area contributed by atoms with Crippen molar-refractivity contribution in [3.8, 4) is 11.5 Å². The molecule has 1 aromatic rings. The van der Waals surface area contributed by atoms with Crippen molar-refractivity contribution in [1.82, 2.24) is 5.32 Å². The summed E-state index contributed by atoms with van der Waals surface area (Å²) in [6, 6.07) is 4.10. The molecular formula is C15H23NO3S. The van der Waals surface area contributed by atoms with Gasteiger partial charge in [-0.1, -0.05) is 0 Å². The Labute approximate surface area is 125 Å². The van der Waals surface area contributed by atoms with Crippen LogP contribution >= 0.6 is 11.8 Å². The van der Waals surface area contributed by atoms with E-state index < -0.39 is 0 Å². The summed E-state index contributed by atoms with van der Waals surface area (Å²) >= 11 is 1.73. The fourth-order valence-corrected chi connectivity index (χ4v) is 3.00. The molecule has 1 heterocycles. The second-order valence-electron chi connectivity index (χ2n) is 4.88. The van der Waals surface area contributed by atoms with Crippen molar-refractivity contribution in [3.63, 3.8) is 0 Å². The zero-order chi connectivity index (χ0) is 14.4. The molecule has 1 aliphatic heterocycles. The summed E-state index contributed by atoms with van der Waals surface area (Å²) in [4.78, 5) is 1.22. The third-order valence-electron chi connectivity index (χ3n) is 3.56. The fourth-order valence-electron chi connectivity index (χ4n) is 2.39. The van der Waals surface area contributed by atoms with Crippen LogP contribution in [0.15, 0.2) is 17.0 Å². The molecule has 4 nitrogen and oxygen atoms in total. The van der Waals surface area contributed by atoms with Gasteiger partial charge in [-0.2, -0.15) is 0 Å². The van der Waals surface area contributed by atoms with E-state index in [9.17, 15) is 0 Å². The van der Waals surface area contributed by atoms with Crippen molar-refractivity contribution in [3.05, 3.63) is 17.7 Å². The molecule has 0 aliphatic carbocycles. The van der Waals surface area contributed by atoms with E-state index in [4.69, 9.17) is 14.2 Å². The van der Waals surface area contributed by atoms with Crippen molar-refractivity contribution in [2.24, 2.45) is 5.92 Å². The van der Waals surface area contributed by atoms with Gasteiger partial charge in [-0.3, -0.25) is 0 Å². The minimum atomic E-state index is 0.646. The molecule has 1 saturated heterocycles. The summed E-state index contributed by atoms with van der Waals surface area (Å²) < 4.78 is 16.1. The highest BCUT2D eigenvalue weighted by molar-refractivity contribution is 7.98. The van der Waals surface area contributed by atoms with Crippen LogP contribution in [0.4, 0.5) is 0 Å². The molecule has 0 aromatic heterocycles. The SMILES string of the molecule is COc1cc(CNCC2CCOC2)c(SC)cc1OC. The number of hydrogen-bond acceptors (Lipinski definition) is 5. The summed E-state index contributed by atoms with van der Waals surface area (Å²) in [7, 11) is 3.34. The number of benzene rings is 1. The molecule has 20 heavy (non-hydrogen) atoms. The third-order valence-corrected chi connectivity index (χ3v) is 4.38. The molecule has 0 radical (unpaired) electrons. The Morgan fingerprint density at radius 2 is 2.05 bits per heavy atom. The Balaban J connectivity index is 2.01. The van der Waals surface area contributed by atoms with Gasteiger partial charge >= 0.3 is 0 Å². The summed E-state index contributed by atoms with van der Waals surface area (Å²) in [6.45, 7) is 3.63. The van der Waals surface area contributed by atoms with Crippen LogP contribution < -0.4 is 14.8 Å². The lowest BCUT2D eigenvalue weighted by molar-refractivity contribution is 0.185. The van der Waals surface area contributed by atoms with E-state index >= 15 is 0 Å². The minimum Gasteiger partial charge on any atom is -0.493 e. The van der Waals surface area contributed by atoms with Crippen LogP contribution in [0, 0.1) is 5.92 Å². The molecule has 1 N–H and O–H groups in total. The standard InChI is InChI=1S/C15H23NO3S/c1-17-13-6-12(15(20-3)7-14(13)18-2)9-16-8-11-4-5-19-10-11/h6-7,11,16H,4-5,8-10H2,1-3H3. The van der Waals surface area contributed by atoms with E-state index in [2.05, 4.69) is 17.6 Å². The van der Waals surface area contributed by atoms with Crippen molar-refractivity contribution < 1.29 is 14.2 Å². The van der Waals surface area contributed by atoms with Crippen molar-refractivity contribution >= 4 is 11.8 Å². The van der Waals surface area contributed by atoms with Crippen molar-refractivity contribution in [2.75, 3.05) is 40.2 Å². The molecule has 5 heteroatoms. The first-order valence-electron chi connectivity index (χ1n) is 6.85. The molecule has 1 fully saturated rings. The number of rotatable bonds is 7. The van der Waals surface area contributed by atoms with Crippen LogP contribution in [0.3, 0.4) is 0 Å². The molecular weight excluding hydrogens is 274 g/mol. The molecule has 1 aromatic carbocycles. The normalized spacial score (nSPS) is 18.2. The van der Waals surface area contributed by atoms with E-state index in [1.54, 1.807) is 26.0 Å². The molecule has 1 atom stereocenters. The Kier molecular flexibility index (Phi) is 6.01. The second-order valence-corrected chi connectivity index (χ2v) is 5.73. The van der Waals surface area contributed by atoms with Gasteiger partial charge in [-0.25, -0.2) is 0 Å². The molecule has 112 valence electrons. The van der Waals surface area contributed by atoms with Gasteiger partial charge in [-0.15, -0.1) is 11.8 Å². The summed E-state index contributed by atoms with van der Waals surface area (Å²) in [5.74, 6) is 2.21. The molecule has 0 spiro atoms. The molecule has 1 aliphatic rings. The van der Waals surface area contributed by atoms with Gasteiger partial charge in [0.1, 0.15) is 0 Å².